The van der Waals surface area contributed by atoms with E-state index in [1.807, 2.05) is 6.07 Å². The fraction of sp³-hybridized carbons (Fsp3) is 0. The molecule has 0 fully saturated rings. The SMILES string of the molecule is c1ccc2c(c1)Oc1c(-c3ccc4cc5c(ccc6ccccc65)cc4c3)ccc3cccc-2c13. The lowest BCUT2D eigenvalue weighted by atomic mass is 9.90. The summed E-state index contributed by atoms with van der Waals surface area (Å²) in [6.07, 6.45) is 0. The zero-order valence-corrected chi connectivity index (χ0v) is 19.0. The van der Waals surface area contributed by atoms with Crippen molar-refractivity contribution < 1.29 is 4.74 Å². The number of hydrogen-bond donors (Lipinski definition) is 0. The van der Waals surface area contributed by atoms with Crippen LogP contribution in [0.3, 0.4) is 0 Å². The van der Waals surface area contributed by atoms with Gasteiger partial charge in [0.1, 0.15) is 11.5 Å². The van der Waals surface area contributed by atoms with E-state index in [2.05, 4.69) is 115 Å². The summed E-state index contributed by atoms with van der Waals surface area (Å²) in [6.45, 7) is 0. The molecule has 0 amide bonds. The molecule has 162 valence electrons. The topological polar surface area (TPSA) is 9.23 Å². The highest BCUT2D eigenvalue weighted by Gasteiger charge is 2.22. The molecular weight excluding hydrogens is 424 g/mol. The van der Waals surface area contributed by atoms with Crippen LogP contribution in [-0.4, -0.2) is 0 Å². The smallest absolute Gasteiger partial charge is 0.143 e. The molecule has 0 atom stereocenters. The molecule has 1 nitrogen and oxygen atoms in total. The minimum absolute atomic E-state index is 0.915. The van der Waals surface area contributed by atoms with Crippen molar-refractivity contribution >= 4 is 43.1 Å². The van der Waals surface area contributed by atoms with Crippen molar-refractivity contribution in [3.8, 4) is 33.8 Å². The van der Waals surface area contributed by atoms with Gasteiger partial charge in [-0.15, -0.1) is 0 Å². The van der Waals surface area contributed by atoms with E-state index in [0.717, 1.165) is 22.6 Å². The van der Waals surface area contributed by atoms with Crippen LogP contribution in [0, 0.1) is 0 Å². The normalized spacial score (nSPS) is 12.2. The highest BCUT2D eigenvalue weighted by atomic mass is 16.5. The van der Waals surface area contributed by atoms with E-state index >= 15 is 0 Å². The summed E-state index contributed by atoms with van der Waals surface area (Å²) in [4.78, 5) is 0. The Hall–Kier alpha value is -4.62. The Labute approximate surface area is 202 Å². The predicted molar refractivity (Wildman–Crippen MR) is 147 cm³/mol. The summed E-state index contributed by atoms with van der Waals surface area (Å²) in [7, 11) is 0. The fourth-order valence-electron chi connectivity index (χ4n) is 5.71. The Bertz CT molecular complexity index is 1980. The Morgan fingerprint density at radius 2 is 1.17 bits per heavy atom. The van der Waals surface area contributed by atoms with Gasteiger partial charge in [-0.25, -0.2) is 0 Å². The third-order valence-electron chi connectivity index (χ3n) is 7.40. The van der Waals surface area contributed by atoms with E-state index in [0.29, 0.717) is 0 Å². The average molecular weight is 445 g/mol. The molecule has 1 aliphatic rings. The molecule has 0 aromatic heterocycles. The summed E-state index contributed by atoms with van der Waals surface area (Å²) in [5.74, 6) is 1.86. The number of fused-ring (bicyclic) bond motifs is 6. The second-order valence-electron chi connectivity index (χ2n) is 9.37. The Balaban J connectivity index is 1.37. The van der Waals surface area contributed by atoms with Gasteiger partial charge in [0, 0.05) is 16.5 Å². The van der Waals surface area contributed by atoms with E-state index in [-0.39, 0.29) is 0 Å². The molecule has 0 aliphatic carbocycles. The first kappa shape index (κ1) is 18.8. The zero-order chi connectivity index (χ0) is 22.9. The van der Waals surface area contributed by atoms with Gasteiger partial charge in [0.2, 0.25) is 0 Å². The maximum absolute atomic E-state index is 6.57. The van der Waals surface area contributed by atoms with Crippen LogP contribution in [0.2, 0.25) is 0 Å². The van der Waals surface area contributed by atoms with Gasteiger partial charge < -0.3 is 4.74 Å². The van der Waals surface area contributed by atoms with Crippen LogP contribution in [0.25, 0.3) is 65.3 Å². The van der Waals surface area contributed by atoms with Crippen molar-refractivity contribution in [1.29, 1.82) is 0 Å². The molecule has 0 saturated carbocycles. The summed E-state index contributed by atoms with van der Waals surface area (Å²) in [6, 6.07) is 43.7. The number of rotatable bonds is 1. The van der Waals surface area contributed by atoms with Crippen molar-refractivity contribution in [2.75, 3.05) is 0 Å². The highest BCUT2D eigenvalue weighted by Crippen LogP contribution is 2.50. The van der Waals surface area contributed by atoms with Gasteiger partial charge in [0.25, 0.3) is 0 Å². The monoisotopic (exact) mass is 444 g/mol. The molecule has 0 N–H and O–H groups in total. The highest BCUT2D eigenvalue weighted by molar-refractivity contribution is 6.13. The minimum atomic E-state index is 0.915. The predicted octanol–water partition coefficient (Wildman–Crippen LogP) is 9.74. The van der Waals surface area contributed by atoms with E-state index in [1.54, 1.807) is 0 Å². The van der Waals surface area contributed by atoms with Gasteiger partial charge in [0.15, 0.2) is 0 Å². The maximum atomic E-state index is 6.57. The van der Waals surface area contributed by atoms with Crippen molar-refractivity contribution in [3.63, 3.8) is 0 Å². The fourth-order valence-corrected chi connectivity index (χ4v) is 5.71. The van der Waals surface area contributed by atoms with Crippen LogP contribution in [-0.2, 0) is 0 Å². The molecule has 0 spiro atoms. The molecule has 7 aromatic rings. The second kappa shape index (κ2) is 6.94. The lowest BCUT2D eigenvalue weighted by molar-refractivity contribution is 0.489. The molecule has 0 saturated heterocycles. The Morgan fingerprint density at radius 3 is 2.17 bits per heavy atom. The van der Waals surface area contributed by atoms with Gasteiger partial charge in [0.05, 0.1) is 0 Å². The second-order valence-corrected chi connectivity index (χ2v) is 9.37. The van der Waals surface area contributed by atoms with Crippen LogP contribution >= 0.6 is 0 Å². The summed E-state index contributed by atoms with van der Waals surface area (Å²) >= 11 is 0. The Kier molecular flexibility index (Phi) is 3.72. The molecule has 0 bridgehead atoms. The minimum Gasteiger partial charge on any atom is -0.455 e. The number of ether oxygens (including phenoxy) is 1. The lowest BCUT2D eigenvalue weighted by Crippen LogP contribution is -1.98. The van der Waals surface area contributed by atoms with Gasteiger partial charge in [-0.3, -0.25) is 0 Å². The third-order valence-corrected chi connectivity index (χ3v) is 7.40. The molecule has 1 heterocycles. The number of hydrogen-bond acceptors (Lipinski definition) is 1. The molecule has 1 aliphatic heterocycles. The van der Waals surface area contributed by atoms with Crippen LogP contribution in [0.5, 0.6) is 11.5 Å². The largest absolute Gasteiger partial charge is 0.455 e. The standard InChI is InChI=1S/C34H20O/c1-2-8-27-21(6-1)12-14-25-19-26-18-24(15-13-23(26)20-31(25)27)28-17-16-22-7-5-10-30-29-9-3-4-11-32(29)35-34(28)33(22)30/h1-20H. The number of para-hydroxylation sites is 1. The molecular formula is C34H20O. The van der Waals surface area contributed by atoms with E-state index in [4.69, 9.17) is 4.74 Å². The first-order valence-corrected chi connectivity index (χ1v) is 12.0. The average Bonchev–Trinajstić information content (AvgIpc) is 2.92. The molecule has 0 unspecified atom stereocenters. The molecule has 7 aromatic carbocycles. The first-order chi connectivity index (χ1) is 17.3. The van der Waals surface area contributed by atoms with Crippen molar-refractivity contribution in [2.45, 2.75) is 0 Å². The molecule has 0 radical (unpaired) electrons. The number of benzene rings is 7. The third kappa shape index (κ3) is 2.70. The van der Waals surface area contributed by atoms with Crippen molar-refractivity contribution in [2.24, 2.45) is 0 Å². The summed E-state index contributed by atoms with van der Waals surface area (Å²) in [5, 5.41) is 10.0. The van der Waals surface area contributed by atoms with Gasteiger partial charge in [-0.2, -0.15) is 0 Å². The van der Waals surface area contributed by atoms with Crippen LogP contribution in [0.1, 0.15) is 0 Å². The van der Waals surface area contributed by atoms with Crippen molar-refractivity contribution in [3.05, 3.63) is 121 Å². The van der Waals surface area contributed by atoms with E-state index in [9.17, 15) is 0 Å². The molecule has 35 heavy (non-hydrogen) atoms. The van der Waals surface area contributed by atoms with Crippen molar-refractivity contribution in [1.82, 2.24) is 0 Å². The van der Waals surface area contributed by atoms with Gasteiger partial charge >= 0.3 is 0 Å². The Morgan fingerprint density at radius 1 is 0.400 bits per heavy atom. The van der Waals surface area contributed by atoms with Crippen LogP contribution in [0.15, 0.2) is 121 Å². The maximum Gasteiger partial charge on any atom is 0.143 e. The van der Waals surface area contributed by atoms with E-state index < -0.39 is 0 Å². The first-order valence-electron chi connectivity index (χ1n) is 12.0. The van der Waals surface area contributed by atoms with E-state index in [1.165, 1.54) is 54.2 Å². The summed E-state index contributed by atoms with van der Waals surface area (Å²) in [5.41, 5.74) is 4.68. The van der Waals surface area contributed by atoms with Gasteiger partial charge in [-0.1, -0.05) is 91.0 Å². The molecule has 8 rings (SSSR count). The summed E-state index contributed by atoms with van der Waals surface area (Å²) < 4.78 is 6.57. The van der Waals surface area contributed by atoms with Gasteiger partial charge in [-0.05, 0) is 79.2 Å². The lowest BCUT2D eigenvalue weighted by Gasteiger charge is -2.23. The quantitative estimate of drug-likeness (QED) is 0.181. The zero-order valence-electron chi connectivity index (χ0n) is 19.0. The molecule has 1 heteroatoms. The van der Waals surface area contributed by atoms with Crippen LogP contribution < -0.4 is 4.74 Å². The van der Waals surface area contributed by atoms with Crippen LogP contribution in [0.4, 0.5) is 0 Å².